The van der Waals surface area contributed by atoms with Gasteiger partial charge in [0.1, 0.15) is 0 Å². The van der Waals surface area contributed by atoms with E-state index >= 15 is 0 Å². The van der Waals surface area contributed by atoms with Crippen molar-refractivity contribution in [3.63, 3.8) is 0 Å². The molecule has 0 amide bonds. The zero-order valence-electron chi connectivity index (χ0n) is 11.6. The van der Waals surface area contributed by atoms with E-state index in [1.807, 2.05) is 0 Å². The van der Waals surface area contributed by atoms with Crippen LogP contribution in [-0.4, -0.2) is 37.2 Å². The summed E-state index contributed by atoms with van der Waals surface area (Å²) in [5, 5.41) is 9.84. The number of ether oxygens (including phenoxy) is 1. The maximum absolute atomic E-state index is 5.57. The first-order valence-corrected chi connectivity index (χ1v) is 7.69. The molecule has 1 aliphatic heterocycles. The van der Waals surface area contributed by atoms with E-state index < -0.39 is 0 Å². The van der Waals surface area contributed by atoms with Crippen molar-refractivity contribution in [1.82, 2.24) is 15.6 Å². The number of rotatable bonds is 5. The van der Waals surface area contributed by atoms with Gasteiger partial charge in [-0.15, -0.1) is 11.3 Å². The highest BCUT2D eigenvalue weighted by atomic mass is 32.1. The van der Waals surface area contributed by atoms with Crippen LogP contribution in [0.25, 0.3) is 0 Å². The highest BCUT2D eigenvalue weighted by Crippen LogP contribution is 2.11. The van der Waals surface area contributed by atoms with Crippen molar-refractivity contribution in [2.75, 3.05) is 20.2 Å². The molecule has 1 aromatic heterocycles. The van der Waals surface area contributed by atoms with Gasteiger partial charge in [0.25, 0.3) is 0 Å². The third-order valence-corrected chi connectivity index (χ3v) is 4.13. The van der Waals surface area contributed by atoms with Crippen LogP contribution in [0.4, 0.5) is 0 Å². The highest BCUT2D eigenvalue weighted by molar-refractivity contribution is 7.09. The second-order valence-corrected chi connectivity index (χ2v) is 5.47. The molecule has 5 nitrogen and oxygen atoms in total. The van der Waals surface area contributed by atoms with Crippen molar-refractivity contribution in [2.24, 2.45) is 4.99 Å². The quantitative estimate of drug-likeness (QED) is 0.635. The number of aliphatic imine (C=N–C) groups is 1. The zero-order valence-corrected chi connectivity index (χ0v) is 12.4. The molecule has 0 aliphatic carbocycles. The van der Waals surface area contributed by atoms with E-state index in [0.717, 1.165) is 44.1 Å². The fourth-order valence-electron chi connectivity index (χ4n) is 2.00. The minimum absolute atomic E-state index is 0.324. The molecule has 2 rings (SSSR count). The van der Waals surface area contributed by atoms with Crippen molar-refractivity contribution in [3.8, 4) is 0 Å². The molecule has 106 valence electrons. The van der Waals surface area contributed by atoms with E-state index in [2.05, 4.69) is 32.9 Å². The number of thiazole rings is 1. The van der Waals surface area contributed by atoms with Crippen molar-refractivity contribution < 1.29 is 4.74 Å². The topological polar surface area (TPSA) is 58.5 Å². The predicted octanol–water partition coefficient (Wildman–Crippen LogP) is 1.55. The maximum Gasteiger partial charge on any atom is 0.191 e. The molecule has 6 heteroatoms. The predicted molar refractivity (Wildman–Crippen MR) is 78.7 cm³/mol. The monoisotopic (exact) mass is 282 g/mol. The van der Waals surface area contributed by atoms with Crippen molar-refractivity contribution in [3.05, 3.63) is 16.1 Å². The lowest BCUT2D eigenvalue weighted by Crippen LogP contribution is -2.40. The molecule has 2 heterocycles. The summed E-state index contributed by atoms with van der Waals surface area (Å²) >= 11 is 1.71. The summed E-state index contributed by atoms with van der Waals surface area (Å²) in [5.41, 5.74) is 1.07. The zero-order chi connectivity index (χ0) is 13.5. The average molecular weight is 282 g/mol. The molecule has 1 saturated heterocycles. The number of aryl methyl sites for hydroxylation is 1. The van der Waals surface area contributed by atoms with Crippen molar-refractivity contribution in [2.45, 2.75) is 38.8 Å². The van der Waals surface area contributed by atoms with E-state index in [4.69, 9.17) is 4.74 Å². The van der Waals surface area contributed by atoms with Crippen LogP contribution in [0.1, 0.15) is 30.5 Å². The van der Waals surface area contributed by atoms with Crippen LogP contribution in [0, 0.1) is 0 Å². The van der Waals surface area contributed by atoms with Gasteiger partial charge < -0.3 is 15.4 Å². The second-order valence-electron chi connectivity index (χ2n) is 4.53. The Labute approximate surface area is 118 Å². The van der Waals surface area contributed by atoms with E-state index in [1.54, 1.807) is 18.4 Å². The van der Waals surface area contributed by atoms with E-state index in [-0.39, 0.29) is 0 Å². The van der Waals surface area contributed by atoms with Gasteiger partial charge in [-0.3, -0.25) is 4.99 Å². The molecule has 2 N–H and O–H groups in total. The molecular formula is C13H22N4OS. The first-order chi connectivity index (χ1) is 9.31. The lowest BCUT2D eigenvalue weighted by molar-refractivity contribution is 0.114. The molecule has 1 aliphatic rings. The summed E-state index contributed by atoms with van der Waals surface area (Å²) in [6, 6.07) is 0. The molecule has 0 bridgehead atoms. The molecular weight excluding hydrogens is 260 g/mol. The molecule has 0 spiro atoms. The number of nitrogens with one attached hydrogen (secondary N) is 2. The standard InChI is InChI=1S/C13H22N4OS/c1-3-12-17-10(9-19-12)7-15-13(14-2)16-8-11-5-4-6-18-11/h9,11H,3-8H2,1-2H3,(H2,14,15,16). The molecule has 1 aromatic rings. The molecule has 1 unspecified atom stereocenters. The first kappa shape index (κ1) is 14.3. The summed E-state index contributed by atoms with van der Waals surface area (Å²) in [6.45, 7) is 4.54. The van der Waals surface area contributed by atoms with Gasteiger partial charge in [0, 0.05) is 25.6 Å². The fourth-order valence-corrected chi connectivity index (χ4v) is 2.75. The van der Waals surface area contributed by atoms with Crippen molar-refractivity contribution in [1.29, 1.82) is 0 Å². The number of nitrogens with zero attached hydrogens (tertiary/aromatic N) is 2. The molecule has 0 radical (unpaired) electrons. The normalized spacial score (nSPS) is 19.7. The summed E-state index contributed by atoms with van der Waals surface area (Å²) in [6.07, 6.45) is 3.62. The largest absolute Gasteiger partial charge is 0.376 e. The second kappa shape index (κ2) is 7.45. The van der Waals surface area contributed by atoms with Gasteiger partial charge in [-0.2, -0.15) is 0 Å². The smallest absolute Gasteiger partial charge is 0.191 e. The fraction of sp³-hybridized carbons (Fsp3) is 0.692. The highest BCUT2D eigenvalue weighted by Gasteiger charge is 2.15. The third kappa shape index (κ3) is 4.47. The maximum atomic E-state index is 5.57. The van der Waals surface area contributed by atoms with Crippen LogP contribution in [-0.2, 0) is 17.7 Å². The van der Waals surface area contributed by atoms with Crippen LogP contribution in [0.5, 0.6) is 0 Å². The number of aromatic nitrogens is 1. The Kier molecular flexibility index (Phi) is 5.60. The number of guanidine groups is 1. The van der Waals surface area contributed by atoms with Crippen molar-refractivity contribution >= 4 is 17.3 Å². The van der Waals surface area contributed by atoms with Gasteiger partial charge in [-0.1, -0.05) is 6.92 Å². The SMILES string of the molecule is CCc1nc(CNC(=NC)NCC2CCCO2)cs1. The van der Waals surface area contributed by atoms with Gasteiger partial charge in [0.05, 0.1) is 23.4 Å². The van der Waals surface area contributed by atoms with Gasteiger partial charge >= 0.3 is 0 Å². The van der Waals surface area contributed by atoms with Crippen LogP contribution in [0.3, 0.4) is 0 Å². The van der Waals surface area contributed by atoms with Gasteiger partial charge in [0.15, 0.2) is 5.96 Å². The lowest BCUT2D eigenvalue weighted by Gasteiger charge is -2.14. The molecule has 0 aromatic carbocycles. The summed E-state index contributed by atoms with van der Waals surface area (Å²) in [4.78, 5) is 8.73. The van der Waals surface area contributed by atoms with Gasteiger partial charge in [0.2, 0.25) is 0 Å². The molecule has 0 saturated carbocycles. The molecule has 1 atom stereocenters. The Morgan fingerprint density at radius 3 is 3.11 bits per heavy atom. The molecule has 19 heavy (non-hydrogen) atoms. The van der Waals surface area contributed by atoms with Gasteiger partial charge in [-0.25, -0.2) is 4.98 Å². The van der Waals surface area contributed by atoms with Crippen LogP contribution >= 0.6 is 11.3 Å². The third-order valence-electron chi connectivity index (χ3n) is 3.08. The minimum atomic E-state index is 0.324. The summed E-state index contributed by atoms with van der Waals surface area (Å²) < 4.78 is 5.57. The molecule has 1 fully saturated rings. The van der Waals surface area contributed by atoms with Crippen LogP contribution in [0.2, 0.25) is 0 Å². The van der Waals surface area contributed by atoms with E-state index in [0.29, 0.717) is 12.6 Å². The average Bonchev–Trinajstić information content (AvgIpc) is 3.10. The number of hydrogen-bond donors (Lipinski definition) is 2. The summed E-state index contributed by atoms with van der Waals surface area (Å²) in [5.74, 6) is 0.807. The van der Waals surface area contributed by atoms with E-state index in [9.17, 15) is 0 Å². The lowest BCUT2D eigenvalue weighted by atomic mass is 10.2. The summed E-state index contributed by atoms with van der Waals surface area (Å²) in [7, 11) is 1.78. The first-order valence-electron chi connectivity index (χ1n) is 6.81. The van der Waals surface area contributed by atoms with E-state index in [1.165, 1.54) is 5.01 Å². The minimum Gasteiger partial charge on any atom is -0.376 e. The van der Waals surface area contributed by atoms with Crippen LogP contribution < -0.4 is 10.6 Å². The Morgan fingerprint density at radius 2 is 2.47 bits per heavy atom. The van der Waals surface area contributed by atoms with Gasteiger partial charge in [-0.05, 0) is 19.3 Å². The Morgan fingerprint density at radius 1 is 1.58 bits per heavy atom. The Bertz CT molecular complexity index is 413. The number of hydrogen-bond acceptors (Lipinski definition) is 4. The Hall–Kier alpha value is -1.14. The van der Waals surface area contributed by atoms with Crippen LogP contribution in [0.15, 0.2) is 10.4 Å². The Balaban J connectivity index is 1.72.